The molecule has 1 aromatic heterocycles. The molecule has 0 atom stereocenters. The van der Waals surface area contributed by atoms with Gasteiger partial charge in [0.15, 0.2) is 0 Å². The van der Waals surface area contributed by atoms with E-state index in [9.17, 15) is 4.39 Å². The Balaban J connectivity index is 2.07. The summed E-state index contributed by atoms with van der Waals surface area (Å²) in [5.74, 6) is -0.242. The highest BCUT2D eigenvalue weighted by Crippen LogP contribution is 2.25. The van der Waals surface area contributed by atoms with Crippen LogP contribution >= 0.6 is 15.9 Å². The molecule has 19 heavy (non-hydrogen) atoms. The van der Waals surface area contributed by atoms with Crippen LogP contribution in [0.4, 0.5) is 10.1 Å². The van der Waals surface area contributed by atoms with Gasteiger partial charge in [-0.1, -0.05) is 18.2 Å². The van der Waals surface area contributed by atoms with Crippen LogP contribution in [0.25, 0.3) is 10.9 Å². The van der Waals surface area contributed by atoms with E-state index in [1.54, 1.807) is 6.07 Å². The van der Waals surface area contributed by atoms with E-state index < -0.39 is 0 Å². The molecule has 0 fully saturated rings. The molecule has 0 amide bonds. The van der Waals surface area contributed by atoms with Gasteiger partial charge in [-0.15, -0.1) is 0 Å². The Morgan fingerprint density at radius 2 is 1.89 bits per heavy atom. The van der Waals surface area contributed by atoms with Crippen molar-refractivity contribution in [1.82, 2.24) is 4.57 Å². The third-order valence-electron chi connectivity index (χ3n) is 3.22. The van der Waals surface area contributed by atoms with Gasteiger partial charge < -0.3 is 10.3 Å². The molecule has 0 radical (unpaired) electrons. The van der Waals surface area contributed by atoms with Gasteiger partial charge in [0.25, 0.3) is 0 Å². The molecule has 0 spiro atoms. The molecule has 96 valence electrons. The summed E-state index contributed by atoms with van der Waals surface area (Å²) in [7, 11) is 0. The van der Waals surface area contributed by atoms with Crippen LogP contribution in [-0.4, -0.2) is 4.57 Å². The third kappa shape index (κ3) is 2.12. The highest BCUT2D eigenvalue weighted by Gasteiger charge is 2.08. The molecule has 0 aliphatic carbocycles. The van der Waals surface area contributed by atoms with E-state index in [0.717, 1.165) is 22.2 Å². The van der Waals surface area contributed by atoms with Crippen molar-refractivity contribution >= 4 is 32.5 Å². The first-order valence-electron chi connectivity index (χ1n) is 5.93. The first-order valence-corrected chi connectivity index (χ1v) is 6.72. The number of nitrogens with zero attached hydrogens (tertiary/aromatic N) is 1. The minimum absolute atomic E-state index is 0.242. The minimum atomic E-state index is -0.242. The van der Waals surface area contributed by atoms with Crippen LogP contribution in [0, 0.1) is 5.82 Å². The van der Waals surface area contributed by atoms with Crippen molar-refractivity contribution in [2.45, 2.75) is 6.54 Å². The Labute approximate surface area is 118 Å². The van der Waals surface area contributed by atoms with Gasteiger partial charge >= 0.3 is 0 Å². The molecule has 0 aliphatic heterocycles. The highest BCUT2D eigenvalue weighted by molar-refractivity contribution is 9.10. The number of fused-ring (bicyclic) bond motifs is 1. The van der Waals surface area contributed by atoms with Crippen LogP contribution in [0.1, 0.15) is 5.56 Å². The van der Waals surface area contributed by atoms with Crippen molar-refractivity contribution in [3.8, 4) is 0 Å². The Morgan fingerprint density at radius 1 is 1.11 bits per heavy atom. The molecule has 3 rings (SSSR count). The Kier molecular flexibility index (Phi) is 3.03. The Morgan fingerprint density at radius 3 is 2.74 bits per heavy atom. The maximum Gasteiger partial charge on any atom is 0.137 e. The Hall–Kier alpha value is -1.81. The first-order chi connectivity index (χ1) is 9.16. The lowest BCUT2D eigenvalue weighted by Crippen LogP contribution is -2.00. The van der Waals surface area contributed by atoms with Crippen molar-refractivity contribution in [2.24, 2.45) is 0 Å². The summed E-state index contributed by atoms with van der Waals surface area (Å²) in [5, 5.41) is 1.02. The molecule has 0 aliphatic rings. The van der Waals surface area contributed by atoms with E-state index in [1.807, 2.05) is 36.5 Å². The molecule has 0 saturated heterocycles. The molecule has 2 aromatic carbocycles. The van der Waals surface area contributed by atoms with Crippen LogP contribution < -0.4 is 5.73 Å². The average molecular weight is 319 g/mol. The first kappa shape index (κ1) is 12.2. The normalized spacial score (nSPS) is 11.1. The van der Waals surface area contributed by atoms with Gasteiger partial charge in [-0.25, -0.2) is 4.39 Å². The number of nitrogen functional groups attached to an aromatic ring is 1. The second kappa shape index (κ2) is 4.70. The van der Waals surface area contributed by atoms with Crippen LogP contribution in [-0.2, 0) is 6.54 Å². The summed E-state index contributed by atoms with van der Waals surface area (Å²) in [6.07, 6.45) is 1.97. The van der Waals surface area contributed by atoms with E-state index in [1.165, 1.54) is 6.07 Å². The molecule has 1 heterocycles. The monoisotopic (exact) mass is 318 g/mol. The minimum Gasteiger partial charge on any atom is -0.398 e. The largest absolute Gasteiger partial charge is 0.398 e. The second-order valence-electron chi connectivity index (χ2n) is 4.44. The predicted octanol–water partition coefficient (Wildman–Crippen LogP) is 4.17. The summed E-state index contributed by atoms with van der Waals surface area (Å²) < 4.78 is 16.1. The number of halogens is 2. The molecule has 3 aromatic rings. The lowest BCUT2D eigenvalue weighted by Gasteiger charge is -2.08. The number of benzene rings is 2. The van der Waals surface area contributed by atoms with E-state index in [-0.39, 0.29) is 5.82 Å². The lowest BCUT2D eigenvalue weighted by atomic mass is 10.2. The summed E-state index contributed by atoms with van der Waals surface area (Å²) in [6, 6.07) is 12.9. The zero-order valence-electron chi connectivity index (χ0n) is 10.1. The number of aromatic nitrogens is 1. The van der Waals surface area contributed by atoms with Gasteiger partial charge in [0.2, 0.25) is 0 Å². The lowest BCUT2D eigenvalue weighted by molar-refractivity contribution is 0.616. The van der Waals surface area contributed by atoms with Crippen molar-refractivity contribution in [2.75, 3.05) is 5.73 Å². The summed E-state index contributed by atoms with van der Waals surface area (Å²) in [6.45, 7) is 0.602. The number of hydrogen-bond acceptors (Lipinski definition) is 1. The fourth-order valence-corrected chi connectivity index (χ4v) is 2.63. The number of hydrogen-bond donors (Lipinski definition) is 1. The van der Waals surface area contributed by atoms with Gasteiger partial charge in [-0.05, 0) is 45.8 Å². The smallest absolute Gasteiger partial charge is 0.137 e. The number of nitrogens with two attached hydrogens (primary N) is 1. The van der Waals surface area contributed by atoms with Gasteiger partial charge in [0, 0.05) is 23.8 Å². The molecule has 4 heteroatoms. The quantitative estimate of drug-likeness (QED) is 0.706. The van der Waals surface area contributed by atoms with Crippen molar-refractivity contribution in [1.29, 1.82) is 0 Å². The van der Waals surface area contributed by atoms with E-state index >= 15 is 0 Å². The second-order valence-corrected chi connectivity index (χ2v) is 5.23. The maximum atomic E-state index is 13.5. The van der Waals surface area contributed by atoms with Gasteiger partial charge in [0.05, 0.1) is 9.99 Å². The molecule has 2 nitrogen and oxygen atoms in total. The molecular weight excluding hydrogens is 307 g/mol. The van der Waals surface area contributed by atoms with Crippen LogP contribution in [0.2, 0.25) is 0 Å². The summed E-state index contributed by atoms with van der Waals surface area (Å²) in [5.41, 5.74) is 8.65. The molecule has 2 N–H and O–H groups in total. The van der Waals surface area contributed by atoms with Gasteiger partial charge in [0.1, 0.15) is 5.82 Å². The molecule has 0 unspecified atom stereocenters. The van der Waals surface area contributed by atoms with E-state index in [2.05, 4.69) is 20.5 Å². The van der Waals surface area contributed by atoms with Crippen molar-refractivity contribution < 1.29 is 4.39 Å². The van der Waals surface area contributed by atoms with E-state index in [0.29, 0.717) is 11.0 Å². The van der Waals surface area contributed by atoms with Crippen LogP contribution in [0.5, 0.6) is 0 Å². The molecule has 0 bridgehead atoms. The highest BCUT2D eigenvalue weighted by atomic mass is 79.9. The zero-order valence-corrected chi connectivity index (χ0v) is 11.7. The van der Waals surface area contributed by atoms with E-state index in [4.69, 9.17) is 5.73 Å². The average Bonchev–Trinajstić information content (AvgIpc) is 2.80. The fourth-order valence-electron chi connectivity index (χ4n) is 2.24. The summed E-state index contributed by atoms with van der Waals surface area (Å²) >= 11 is 3.29. The van der Waals surface area contributed by atoms with Crippen LogP contribution in [0.15, 0.2) is 53.1 Å². The van der Waals surface area contributed by atoms with Crippen LogP contribution in [0.3, 0.4) is 0 Å². The zero-order chi connectivity index (χ0) is 13.4. The van der Waals surface area contributed by atoms with Gasteiger partial charge in [-0.3, -0.25) is 0 Å². The predicted molar refractivity (Wildman–Crippen MR) is 79.6 cm³/mol. The third-order valence-corrected chi connectivity index (χ3v) is 4.11. The van der Waals surface area contributed by atoms with Crippen molar-refractivity contribution in [3.63, 3.8) is 0 Å². The maximum absolute atomic E-state index is 13.5. The Bertz CT molecular complexity index is 749. The SMILES string of the molecule is Nc1cccc2c1ccn2Cc1cccc(F)c1Br. The molecule has 0 saturated carbocycles. The van der Waals surface area contributed by atoms with Crippen molar-refractivity contribution in [3.05, 3.63) is 64.5 Å². The topological polar surface area (TPSA) is 30.9 Å². The fraction of sp³-hybridized carbons (Fsp3) is 0.0667. The standard InChI is InChI=1S/C15H12BrFN2/c16-15-10(3-1-4-12(15)17)9-19-8-7-11-13(18)5-2-6-14(11)19/h1-8H,9,18H2. The number of anilines is 1. The molecular formula is C15H12BrFN2. The summed E-state index contributed by atoms with van der Waals surface area (Å²) in [4.78, 5) is 0. The van der Waals surface area contributed by atoms with Gasteiger partial charge in [-0.2, -0.15) is 0 Å². The number of rotatable bonds is 2.